The highest BCUT2D eigenvalue weighted by Crippen LogP contribution is 2.30. The standard InChI is InChI=1S/C24H28N2O/c1-7-12-26-22-11-10-19(15(2)3)14-20(22)18(6)23(26)24(27)25-21-13-16(4)8-9-17(21)5/h7-11,13-15H,1,12H2,2-6H3,(H,25,27). The molecule has 1 amide bonds. The maximum atomic E-state index is 13.2. The van der Waals surface area contributed by atoms with Crippen LogP contribution in [0.15, 0.2) is 49.1 Å². The van der Waals surface area contributed by atoms with E-state index < -0.39 is 0 Å². The smallest absolute Gasteiger partial charge is 0.272 e. The lowest BCUT2D eigenvalue weighted by atomic mass is 10.0. The number of benzene rings is 2. The van der Waals surface area contributed by atoms with Crippen molar-refractivity contribution in [3.8, 4) is 0 Å². The molecule has 1 aromatic heterocycles. The van der Waals surface area contributed by atoms with Crippen LogP contribution in [0.25, 0.3) is 10.9 Å². The van der Waals surface area contributed by atoms with Gasteiger partial charge in [-0.05, 0) is 67.1 Å². The maximum absolute atomic E-state index is 13.2. The van der Waals surface area contributed by atoms with Gasteiger partial charge in [-0.2, -0.15) is 0 Å². The van der Waals surface area contributed by atoms with E-state index in [4.69, 9.17) is 0 Å². The molecule has 0 aliphatic carbocycles. The lowest BCUT2D eigenvalue weighted by molar-refractivity contribution is 0.101. The third kappa shape index (κ3) is 3.55. The molecule has 0 aliphatic rings. The summed E-state index contributed by atoms with van der Waals surface area (Å²) in [6, 6.07) is 12.6. The van der Waals surface area contributed by atoms with E-state index in [-0.39, 0.29) is 5.91 Å². The van der Waals surface area contributed by atoms with Gasteiger partial charge in [-0.15, -0.1) is 6.58 Å². The molecule has 0 saturated carbocycles. The van der Waals surface area contributed by atoms with Crippen LogP contribution in [0.3, 0.4) is 0 Å². The Morgan fingerprint density at radius 2 is 1.89 bits per heavy atom. The predicted molar refractivity (Wildman–Crippen MR) is 115 cm³/mol. The Labute approximate surface area is 161 Å². The van der Waals surface area contributed by atoms with Crippen LogP contribution in [0.1, 0.15) is 52.5 Å². The number of nitrogens with zero attached hydrogens (tertiary/aromatic N) is 1. The first-order valence-corrected chi connectivity index (χ1v) is 9.45. The molecule has 27 heavy (non-hydrogen) atoms. The Morgan fingerprint density at radius 3 is 2.56 bits per heavy atom. The van der Waals surface area contributed by atoms with Gasteiger partial charge in [0.25, 0.3) is 5.91 Å². The second-order valence-corrected chi connectivity index (χ2v) is 7.58. The Hall–Kier alpha value is -2.81. The molecule has 3 nitrogen and oxygen atoms in total. The number of anilines is 1. The molecule has 3 heteroatoms. The molecule has 3 rings (SSSR count). The van der Waals surface area contributed by atoms with E-state index in [0.717, 1.165) is 33.3 Å². The molecule has 2 aromatic carbocycles. The summed E-state index contributed by atoms with van der Waals surface area (Å²) in [5.41, 5.74) is 7.10. The van der Waals surface area contributed by atoms with Crippen LogP contribution in [-0.2, 0) is 6.54 Å². The summed E-state index contributed by atoms with van der Waals surface area (Å²) in [5, 5.41) is 4.24. The number of aromatic nitrogens is 1. The Kier molecular flexibility index (Phi) is 5.22. The minimum absolute atomic E-state index is 0.0784. The van der Waals surface area contributed by atoms with Crippen LogP contribution in [0, 0.1) is 20.8 Å². The monoisotopic (exact) mass is 360 g/mol. The van der Waals surface area contributed by atoms with E-state index in [1.54, 1.807) is 0 Å². The first kappa shape index (κ1) is 19.0. The molecule has 0 atom stereocenters. The zero-order chi connectivity index (χ0) is 19.7. The summed E-state index contributed by atoms with van der Waals surface area (Å²) in [7, 11) is 0. The number of hydrogen-bond donors (Lipinski definition) is 1. The van der Waals surface area contributed by atoms with Gasteiger partial charge in [0.2, 0.25) is 0 Å². The summed E-state index contributed by atoms with van der Waals surface area (Å²) in [5.74, 6) is 0.370. The number of aryl methyl sites for hydroxylation is 3. The summed E-state index contributed by atoms with van der Waals surface area (Å²) in [4.78, 5) is 13.2. The topological polar surface area (TPSA) is 34.0 Å². The van der Waals surface area contributed by atoms with Crippen LogP contribution < -0.4 is 5.32 Å². The number of allylic oxidation sites excluding steroid dienone is 1. The van der Waals surface area contributed by atoms with Crippen LogP contribution in [-0.4, -0.2) is 10.5 Å². The molecule has 0 fully saturated rings. The highest BCUT2D eigenvalue weighted by Gasteiger charge is 2.21. The van der Waals surface area contributed by atoms with Gasteiger partial charge in [0.15, 0.2) is 0 Å². The van der Waals surface area contributed by atoms with E-state index in [1.807, 2.05) is 39.0 Å². The molecule has 0 aliphatic heterocycles. The van der Waals surface area contributed by atoms with Crippen molar-refractivity contribution in [2.45, 2.75) is 47.1 Å². The average Bonchev–Trinajstić information content (AvgIpc) is 2.90. The molecule has 1 N–H and O–H groups in total. The number of nitrogens with one attached hydrogen (secondary N) is 1. The molecule has 0 radical (unpaired) electrons. The number of hydrogen-bond acceptors (Lipinski definition) is 1. The predicted octanol–water partition coefficient (Wildman–Crippen LogP) is 6.13. The van der Waals surface area contributed by atoms with Crippen molar-refractivity contribution in [1.29, 1.82) is 0 Å². The summed E-state index contributed by atoms with van der Waals surface area (Å²) in [6.07, 6.45) is 1.84. The average molecular weight is 361 g/mol. The lowest BCUT2D eigenvalue weighted by Gasteiger charge is -2.12. The van der Waals surface area contributed by atoms with E-state index in [0.29, 0.717) is 18.2 Å². The number of fused-ring (bicyclic) bond motifs is 1. The zero-order valence-electron chi connectivity index (χ0n) is 16.9. The van der Waals surface area contributed by atoms with Crippen molar-refractivity contribution >= 4 is 22.5 Å². The Morgan fingerprint density at radius 1 is 1.15 bits per heavy atom. The third-order valence-electron chi connectivity index (χ3n) is 5.18. The summed E-state index contributed by atoms with van der Waals surface area (Å²) >= 11 is 0. The molecule has 1 heterocycles. The summed E-state index contributed by atoms with van der Waals surface area (Å²) in [6.45, 7) is 14.9. The molecule has 0 bridgehead atoms. The summed E-state index contributed by atoms with van der Waals surface area (Å²) < 4.78 is 2.06. The van der Waals surface area contributed by atoms with Crippen molar-refractivity contribution in [2.75, 3.05) is 5.32 Å². The number of carbonyl (C=O) groups excluding carboxylic acids is 1. The van der Waals surface area contributed by atoms with Gasteiger partial charge < -0.3 is 9.88 Å². The highest BCUT2D eigenvalue weighted by molar-refractivity contribution is 6.08. The highest BCUT2D eigenvalue weighted by atomic mass is 16.2. The van der Waals surface area contributed by atoms with Gasteiger partial charge in [0.1, 0.15) is 5.69 Å². The minimum atomic E-state index is -0.0784. The second kappa shape index (κ2) is 7.43. The van der Waals surface area contributed by atoms with Crippen LogP contribution in [0.4, 0.5) is 5.69 Å². The SMILES string of the molecule is C=CCn1c(C(=O)Nc2cc(C)ccc2C)c(C)c2cc(C(C)C)ccc21. The first-order valence-electron chi connectivity index (χ1n) is 9.45. The van der Waals surface area contributed by atoms with Crippen LogP contribution in [0.5, 0.6) is 0 Å². The zero-order valence-corrected chi connectivity index (χ0v) is 16.9. The number of carbonyl (C=O) groups is 1. The fraction of sp³-hybridized carbons (Fsp3) is 0.292. The Bertz CT molecular complexity index is 1020. The lowest BCUT2D eigenvalue weighted by Crippen LogP contribution is -2.18. The third-order valence-corrected chi connectivity index (χ3v) is 5.18. The van der Waals surface area contributed by atoms with Gasteiger partial charge in [-0.1, -0.05) is 38.1 Å². The van der Waals surface area contributed by atoms with E-state index in [2.05, 4.69) is 54.6 Å². The second-order valence-electron chi connectivity index (χ2n) is 7.58. The fourth-order valence-corrected chi connectivity index (χ4v) is 3.56. The van der Waals surface area contributed by atoms with Crippen molar-refractivity contribution in [1.82, 2.24) is 4.57 Å². The molecule has 0 saturated heterocycles. The molecule has 0 unspecified atom stereocenters. The molecular weight excluding hydrogens is 332 g/mol. The normalized spacial score (nSPS) is 11.2. The minimum Gasteiger partial charge on any atom is -0.332 e. The first-order chi connectivity index (χ1) is 12.8. The van der Waals surface area contributed by atoms with Gasteiger partial charge in [0, 0.05) is 23.1 Å². The van der Waals surface area contributed by atoms with Gasteiger partial charge >= 0.3 is 0 Å². The molecule has 0 spiro atoms. The van der Waals surface area contributed by atoms with E-state index in [9.17, 15) is 4.79 Å². The van der Waals surface area contributed by atoms with Crippen molar-refractivity contribution in [2.24, 2.45) is 0 Å². The quantitative estimate of drug-likeness (QED) is 0.546. The van der Waals surface area contributed by atoms with Crippen LogP contribution in [0.2, 0.25) is 0 Å². The molecular formula is C24H28N2O. The number of rotatable bonds is 5. The van der Waals surface area contributed by atoms with E-state index >= 15 is 0 Å². The Balaban J connectivity index is 2.12. The van der Waals surface area contributed by atoms with Crippen molar-refractivity contribution in [3.63, 3.8) is 0 Å². The van der Waals surface area contributed by atoms with E-state index in [1.165, 1.54) is 5.56 Å². The maximum Gasteiger partial charge on any atom is 0.272 e. The van der Waals surface area contributed by atoms with Crippen molar-refractivity contribution < 1.29 is 4.79 Å². The largest absolute Gasteiger partial charge is 0.332 e. The molecule has 140 valence electrons. The van der Waals surface area contributed by atoms with Gasteiger partial charge in [-0.25, -0.2) is 0 Å². The fourth-order valence-electron chi connectivity index (χ4n) is 3.56. The van der Waals surface area contributed by atoms with Gasteiger partial charge in [0.05, 0.1) is 0 Å². The van der Waals surface area contributed by atoms with Crippen LogP contribution >= 0.6 is 0 Å². The molecule has 3 aromatic rings. The van der Waals surface area contributed by atoms with Crippen molar-refractivity contribution in [3.05, 3.63) is 77.0 Å². The van der Waals surface area contributed by atoms with Gasteiger partial charge in [-0.3, -0.25) is 4.79 Å². The number of amides is 1.